The van der Waals surface area contributed by atoms with Gasteiger partial charge >= 0.3 is 0 Å². The summed E-state index contributed by atoms with van der Waals surface area (Å²) in [6.07, 6.45) is 5.09. The van der Waals surface area contributed by atoms with E-state index in [-0.39, 0.29) is 0 Å². The van der Waals surface area contributed by atoms with Crippen LogP contribution >= 0.6 is 15.9 Å². The summed E-state index contributed by atoms with van der Waals surface area (Å²) >= 11 is 3.48. The minimum Gasteiger partial charge on any atom is -0.299 e. The Kier molecular flexibility index (Phi) is 4.45. The van der Waals surface area contributed by atoms with Crippen molar-refractivity contribution >= 4 is 25.8 Å². The van der Waals surface area contributed by atoms with Gasteiger partial charge in [-0.2, -0.15) is 0 Å². The molecule has 100 valence electrons. The molecular weight excluding hydrogens is 314 g/mol. The van der Waals surface area contributed by atoms with E-state index in [1.165, 1.54) is 25.5 Å². The second kappa shape index (κ2) is 5.72. The van der Waals surface area contributed by atoms with E-state index in [0.29, 0.717) is 4.90 Å². The first-order valence-electron chi connectivity index (χ1n) is 6.17. The van der Waals surface area contributed by atoms with Gasteiger partial charge in [-0.25, -0.2) is 8.42 Å². The molecule has 0 saturated carbocycles. The molecule has 0 spiro atoms. The molecule has 1 saturated heterocycles. The lowest BCUT2D eigenvalue weighted by molar-refractivity contribution is 0.220. The fourth-order valence-corrected chi connectivity index (χ4v) is 3.55. The van der Waals surface area contributed by atoms with Crippen molar-refractivity contribution in [3.05, 3.63) is 28.2 Å². The third-order valence-corrected chi connectivity index (χ3v) is 5.14. The van der Waals surface area contributed by atoms with E-state index >= 15 is 0 Å². The smallest absolute Gasteiger partial charge is 0.175 e. The number of nitrogens with zero attached hydrogens (tertiary/aromatic N) is 1. The summed E-state index contributed by atoms with van der Waals surface area (Å²) in [4.78, 5) is 2.79. The van der Waals surface area contributed by atoms with Gasteiger partial charge < -0.3 is 0 Å². The standard InChI is InChI=1S/C13H18BrNO2S/c1-18(16,17)12-6-5-11(13(14)9-12)10-15-7-3-2-4-8-15/h5-6,9H,2-4,7-8,10H2,1H3. The molecule has 0 atom stereocenters. The van der Waals surface area contributed by atoms with Gasteiger partial charge in [0.05, 0.1) is 4.90 Å². The lowest BCUT2D eigenvalue weighted by Gasteiger charge is -2.26. The van der Waals surface area contributed by atoms with Crippen LogP contribution < -0.4 is 0 Å². The zero-order valence-electron chi connectivity index (χ0n) is 10.5. The van der Waals surface area contributed by atoms with E-state index in [9.17, 15) is 8.42 Å². The topological polar surface area (TPSA) is 37.4 Å². The second-order valence-corrected chi connectivity index (χ2v) is 7.73. The van der Waals surface area contributed by atoms with Crippen molar-refractivity contribution in [3.63, 3.8) is 0 Å². The van der Waals surface area contributed by atoms with Crippen LogP contribution in [0.3, 0.4) is 0 Å². The molecule has 3 nitrogen and oxygen atoms in total. The highest BCUT2D eigenvalue weighted by Gasteiger charge is 2.14. The van der Waals surface area contributed by atoms with E-state index in [1.807, 2.05) is 6.07 Å². The normalized spacial score (nSPS) is 17.9. The van der Waals surface area contributed by atoms with E-state index in [4.69, 9.17) is 0 Å². The molecular formula is C13H18BrNO2S. The Labute approximate surface area is 117 Å². The van der Waals surface area contributed by atoms with E-state index in [2.05, 4.69) is 20.8 Å². The monoisotopic (exact) mass is 331 g/mol. The van der Waals surface area contributed by atoms with E-state index < -0.39 is 9.84 Å². The Morgan fingerprint density at radius 1 is 1.22 bits per heavy atom. The molecule has 0 amide bonds. The van der Waals surface area contributed by atoms with Crippen LogP contribution in [0.25, 0.3) is 0 Å². The highest BCUT2D eigenvalue weighted by atomic mass is 79.9. The zero-order chi connectivity index (χ0) is 13.2. The van der Waals surface area contributed by atoms with Crippen LogP contribution in [0, 0.1) is 0 Å². The summed E-state index contributed by atoms with van der Waals surface area (Å²) in [6.45, 7) is 3.17. The van der Waals surface area contributed by atoms with Gasteiger partial charge in [-0.3, -0.25) is 4.90 Å². The molecule has 0 aliphatic carbocycles. The average Bonchev–Trinajstić information content (AvgIpc) is 2.32. The maximum Gasteiger partial charge on any atom is 0.175 e. The number of hydrogen-bond donors (Lipinski definition) is 0. The first kappa shape index (κ1) is 14.0. The van der Waals surface area contributed by atoms with Crippen LogP contribution in [0.2, 0.25) is 0 Å². The molecule has 1 aliphatic rings. The fourth-order valence-electron chi connectivity index (χ4n) is 2.25. The maximum atomic E-state index is 11.5. The average molecular weight is 332 g/mol. The molecule has 0 radical (unpaired) electrons. The molecule has 2 rings (SSSR count). The molecule has 1 aromatic carbocycles. The van der Waals surface area contributed by atoms with Crippen LogP contribution in [-0.2, 0) is 16.4 Å². The summed E-state index contributed by atoms with van der Waals surface area (Å²) in [5, 5.41) is 0. The molecule has 1 fully saturated rings. The Balaban J connectivity index is 2.14. The van der Waals surface area contributed by atoms with E-state index in [0.717, 1.165) is 29.7 Å². The second-order valence-electron chi connectivity index (χ2n) is 4.86. The number of benzene rings is 1. The lowest BCUT2D eigenvalue weighted by Crippen LogP contribution is -2.29. The number of rotatable bonds is 3. The van der Waals surface area contributed by atoms with Crippen molar-refractivity contribution in [2.75, 3.05) is 19.3 Å². The van der Waals surface area contributed by atoms with Crippen molar-refractivity contribution in [2.24, 2.45) is 0 Å². The molecule has 5 heteroatoms. The van der Waals surface area contributed by atoms with Crippen LogP contribution in [-0.4, -0.2) is 32.7 Å². The quantitative estimate of drug-likeness (QED) is 0.854. The SMILES string of the molecule is CS(=O)(=O)c1ccc(CN2CCCCC2)c(Br)c1. The van der Waals surface area contributed by atoms with Gasteiger partial charge in [0.1, 0.15) is 0 Å². The van der Waals surface area contributed by atoms with Crippen molar-refractivity contribution in [1.29, 1.82) is 0 Å². The van der Waals surface area contributed by atoms with Crippen LogP contribution in [0.15, 0.2) is 27.6 Å². The predicted molar refractivity (Wildman–Crippen MR) is 76.4 cm³/mol. The molecule has 0 aromatic heterocycles. The minimum absolute atomic E-state index is 0.372. The van der Waals surface area contributed by atoms with Crippen LogP contribution in [0.4, 0.5) is 0 Å². The molecule has 0 bridgehead atoms. The minimum atomic E-state index is -3.12. The predicted octanol–water partition coefficient (Wildman–Crippen LogP) is 2.84. The number of sulfone groups is 1. The molecule has 0 N–H and O–H groups in total. The van der Waals surface area contributed by atoms with Gasteiger partial charge in [0.25, 0.3) is 0 Å². The molecule has 1 aliphatic heterocycles. The highest BCUT2D eigenvalue weighted by molar-refractivity contribution is 9.10. The van der Waals surface area contributed by atoms with Crippen LogP contribution in [0.1, 0.15) is 24.8 Å². The Hall–Kier alpha value is -0.390. The zero-order valence-corrected chi connectivity index (χ0v) is 12.9. The molecule has 18 heavy (non-hydrogen) atoms. The highest BCUT2D eigenvalue weighted by Crippen LogP contribution is 2.23. The van der Waals surface area contributed by atoms with Gasteiger partial charge in [0, 0.05) is 17.3 Å². The summed E-state index contributed by atoms with van der Waals surface area (Å²) in [7, 11) is -3.12. The Morgan fingerprint density at radius 2 is 1.89 bits per heavy atom. The summed E-state index contributed by atoms with van der Waals surface area (Å²) < 4.78 is 23.8. The van der Waals surface area contributed by atoms with Gasteiger partial charge in [-0.05, 0) is 43.6 Å². The van der Waals surface area contributed by atoms with Crippen molar-refractivity contribution in [2.45, 2.75) is 30.7 Å². The number of halogens is 1. The first-order valence-corrected chi connectivity index (χ1v) is 8.86. The van der Waals surface area contributed by atoms with Crippen molar-refractivity contribution < 1.29 is 8.42 Å². The summed E-state index contributed by atoms with van der Waals surface area (Å²) in [5.41, 5.74) is 1.16. The van der Waals surface area contributed by atoms with E-state index in [1.54, 1.807) is 12.1 Å². The maximum absolute atomic E-state index is 11.5. The third kappa shape index (κ3) is 3.56. The van der Waals surface area contributed by atoms with Crippen molar-refractivity contribution in [1.82, 2.24) is 4.90 Å². The largest absolute Gasteiger partial charge is 0.299 e. The lowest BCUT2D eigenvalue weighted by atomic mass is 10.1. The van der Waals surface area contributed by atoms with Gasteiger partial charge in [-0.15, -0.1) is 0 Å². The van der Waals surface area contributed by atoms with Gasteiger partial charge in [0.2, 0.25) is 0 Å². The number of hydrogen-bond acceptors (Lipinski definition) is 3. The summed E-state index contributed by atoms with van der Waals surface area (Å²) in [5.74, 6) is 0. The van der Waals surface area contributed by atoms with Crippen molar-refractivity contribution in [3.8, 4) is 0 Å². The Bertz CT molecular complexity index is 522. The Morgan fingerprint density at radius 3 is 2.44 bits per heavy atom. The molecule has 1 heterocycles. The third-order valence-electron chi connectivity index (χ3n) is 3.30. The fraction of sp³-hybridized carbons (Fsp3) is 0.538. The summed E-state index contributed by atoms with van der Waals surface area (Å²) in [6, 6.07) is 5.31. The molecule has 0 unspecified atom stereocenters. The van der Waals surface area contributed by atoms with Gasteiger partial charge in [0.15, 0.2) is 9.84 Å². The number of piperidine rings is 1. The number of likely N-dealkylation sites (tertiary alicyclic amines) is 1. The molecule has 1 aromatic rings. The van der Waals surface area contributed by atoms with Gasteiger partial charge in [-0.1, -0.05) is 28.4 Å². The van der Waals surface area contributed by atoms with Crippen LogP contribution in [0.5, 0.6) is 0 Å². The first-order chi connectivity index (χ1) is 8.47.